The number of urea groups is 1. The third kappa shape index (κ3) is 6.01. The lowest BCUT2D eigenvalue weighted by atomic mass is 10.1. The van der Waals surface area contributed by atoms with Crippen LogP contribution in [0, 0.1) is 0 Å². The molecule has 0 saturated carbocycles. The summed E-state index contributed by atoms with van der Waals surface area (Å²) in [7, 11) is 1.63. The average Bonchev–Trinajstić information content (AvgIpc) is 2.05. The fourth-order valence-electron chi connectivity index (χ4n) is 1.07. The molecule has 2 amide bonds. The van der Waals surface area contributed by atoms with Gasteiger partial charge >= 0.3 is 6.03 Å². The Hall–Kier alpha value is -0.730. The molecule has 3 nitrogen and oxygen atoms in total. The minimum absolute atomic E-state index is 0.0843. The molecule has 0 aromatic rings. The first-order valence-corrected chi connectivity index (χ1v) is 4.69. The van der Waals surface area contributed by atoms with Gasteiger partial charge in [-0.15, -0.1) is 0 Å². The van der Waals surface area contributed by atoms with Crippen molar-refractivity contribution in [3.05, 3.63) is 0 Å². The zero-order valence-electron chi connectivity index (χ0n) is 8.31. The maximum atomic E-state index is 10.8. The molecular weight excluding hydrogens is 152 g/mol. The third-order valence-corrected chi connectivity index (χ3v) is 1.85. The third-order valence-electron chi connectivity index (χ3n) is 1.85. The molecule has 0 saturated heterocycles. The highest BCUT2D eigenvalue weighted by Gasteiger charge is 2.03. The van der Waals surface area contributed by atoms with Crippen molar-refractivity contribution in [2.24, 2.45) is 0 Å². The summed E-state index contributed by atoms with van der Waals surface area (Å²) in [5.41, 5.74) is 0. The fourth-order valence-corrected chi connectivity index (χ4v) is 1.07. The quantitative estimate of drug-likeness (QED) is 0.611. The van der Waals surface area contributed by atoms with Crippen molar-refractivity contribution in [3.63, 3.8) is 0 Å². The standard InChI is InChI=1S/C9H20N2O/c1-4-5-6-7-8(2)11-9(12)10-3/h8H,4-7H2,1-3H3,(H2,10,11,12). The van der Waals surface area contributed by atoms with Crippen LogP contribution in [0.5, 0.6) is 0 Å². The number of amides is 2. The lowest BCUT2D eigenvalue weighted by molar-refractivity contribution is 0.239. The van der Waals surface area contributed by atoms with Crippen LogP contribution >= 0.6 is 0 Å². The Morgan fingerprint density at radius 1 is 1.42 bits per heavy atom. The minimum Gasteiger partial charge on any atom is -0.341 e. The van der Waals surface area contributed by atoms with Gasteiger partial charge in [0.2, 0.25) is 0 Å². The molecule has 0 aromatic heterocycles. The fraction of sp³-hybridized carbons (Fsp3) is 0.889. The predicted octanol–water partition coefficient (Wildman–Crippen LogP) is 1.88. The average molecular weight is 172 g/mol. The summed E-state index contributed by atoms with van der Waals surface area (Å²) in [6, 6.07) is 0.204. The van der Waals surface area contributed by atoms with Gasteiger partial charge in [-0.2, -0.15) is 0 Å². The van der Waals surface area contributed by atoms with Crippen LogP contribution in [-0.2, 0) is 0 Å². The van der Waals surface area contributed by atoms with Crippen LogP contribution in [0.25, 0.3) is 0 Å². The van der Waals surface area contributed by atoms with Crippen LogP contribution in [0.2, 0.25) is 0 Å². The van der Waals surface area contributed by atoms with Crippen molar-refractivity contribution in [2.75, 3.05) is 7.05 Å². The van der Waals surface area contributed by atoms with Gasteiger partial charge in [0.1, 0.15) is 0 Å². The van der Waals surface area contributed by atoms with Gasteiger partial charge in [-0.1, -0.05) is 26.2 Å². The van der Waals surface area contributed by atoms with Gasteiger partial charge in [0.25, 0.3) is 0 Å². The SMILES string of the molecule is CCCCCC(C)NC(=O)NC. The van der Waals surface area contributed by atoms with Crippen molar-refractivity contribution < 1.29 is 4.79 Å². The van der Waals surface area contributed by atoms with E-state index in [-0.39, 0.29) is 12.1 Å². The van der Waals surface area contributed by atoms with E-state index in [1.54, 1.807) is 7.05 Å². The molecular formula is C9H20N2O. The highest BCUT2D eigenvalue weighted by atomic mass is 16.2. The molecule has 0 spiro atoms. The lowest BCUT2D eigenvalue weighted by Gasteiger charge is -2.12. The van der Waals surface area contributed by atoms with Crippen LogP contribution in [0.15, 0.2) is 0 Å². The Morgan fingerprint density at radius 3 is 2.58 bits per heavy atom. The summed E-state index contributed by atoms with van der Waals surface area (Å²) >= 11 is 0. The van der Waals surface area contributed by atoms with Gasteiger partial charge in [0.15, 0.2) is 0 Å². The van der Waals surface area contributed by atoms with Gasteiger partial charge in [-0.3, -0.25) is 0 Å². The second-order valence-electron chi connectivity index (χ2n) is 3.12. The Morgan fingerprint density at radius 2 is 2.08 bits per heavy atom. The van der Waals surface area contributed by atoms with Crippen LogP contribution in [0.1, 0.15) is 39.5 Å². The summed E-state index contributed by atoms with van der Waals surface area (Å²) < 4.78 is 0. The predicted molar refractivity (Wildman–Crippen MR) is 51.2 cm³/mol. The summed E-state index contributed by atoms with van der Waals surface area (Å²) in [5.74, 6) is 0. The molecule has 0 aliphatic rings. The number of nitrogens with one attached hydrogen (secondary N) is 2. The molecule has 0 aromatic carbocycles. The lowest BCUT2D eigenvalue weighted by Crippen LogP contribution is -2.38. The number of carbonyl (C=O) groups is 1. The smallest absolute Gasteiger partial charge is 0.314 e. The zero-order valence-corrected chi connectivity index (χ0v) is 8.31. The first-order chi connectivity index (χ1) is 5.70. The molecule has 0 heterocycles. The Labute approximate surface area is 74.9 Å². The highest BCUT2D eigenvalue weighted by Crippen LogP contribution is 2.02. The van der Waals surface area contributed by atoms with Gasteiger partial charge in [-0.25, -0.2) is 4.79 Å². The Bertz CT molecular complexity index is 126. The monoisotopic (exact) mass is 172 g/mol. The summed E-state index contributed by atoms with van der Waals surface area (Å²) in [6.07, 6.45) is 4.75. The van der Waals surface area contributed by atoms with Crippen LogP contribution < -0.4 is 10.6 Å². The number of carbonyl (C=O) groups excluding carboxylic acids is 1. The summed E-state index contributed by atoms with van der Waals surface area (Å²) in [4.78, 5) is 10.8. The van der Waals surface area contributed by atoms with E-state index in [1.807, 2.05) is 6.92 Å². The normalized spacial score (nSPS) is 12.2. The van der Waals surface area contributed by atoms with E-state index in [9.17, 15) is 4.79 Å². The van der Waals surface area contributed by atoms with Crippen molar-refractivity contribution in [1.82, 2.24) is 10.6 Å². The molecule has 1 unspecified atom stereocenters. The number of unbranched alkanes of at least 4 members (excludes halogenated alkanes) is 2. The Kier molecular flexibility index (Phi) is 6.53. The maximum Gasteiger partial charge on any atom is 0.314 e. The number of hydrogen-bond acceptors (Lipinski definition) is 1. The van der Waals surface area contributed by atoms with Crippen molar-refractivity contribution >= 4 is 6.03 Å². The molecule has 2 N–H and O–H groups in total. The molecule has 0 rings (SSSR count). The first kappa shape index (κ1) is 11.3. The minimum atomic E-state index is -0.0843. The summed E-state index contributed by atoms with van der Waals surface area (Å²) in [6.45, 7) is 4.21. The molecule has 0 fully saturated rings. The number of hydrogen-bond donors (Lipinski definition) is 2. The van der Waals surface area contributed by atoms with E-state index in [0.29, 0.717) is 0 Å². The van der Waals surface area contributed by atoms with Gasteiger partial charge in [0.05, 0.1) is 0 Å². The van der Waals surface area contributed by atoms with E-state index in [0.717, 1.165) is 6.42 Å². The maximum absolute atomic E-state index is 10.8. The van der Waals surface area contributed by atoms with Crippen LogP contribution in [0.4, 0.5) is 4.79 Å². The second kappa shape index (κ2) is 6.95. The number of rotatable bonds is 5. The van der Waals surface area contributed by atoms with Gasteiger partial charge in [-0.05, 0) is 13.3 Å². The van der Waals surface area contributed by atoms with E-state index < -0.39 is 0 Å². The highest BCUT2D eigenvalue weighted by molar-refractivity contribution is 5.73. The molecule has 12 heavy (non-hydrogen) atoms. The van der Waals surface area contributed by atoms with Crippen LogP contribution in [-0.4, -0.2) is 19.1 Å². The van der Waals surface area contributed by atoms with Crippen molar-refractivity contribution in [1.29, 1.82) is 0 Å². The Balaban J connectivity index is 3.32. The molecule has 3 heteroatoms. The van der Waals surface area contributed by atoms with E-state index >= 15 is 0 Å². The van der Waals surface area contributed by atoms with Crippen molar-refractivity contribution in [2.45, 2.75) is 45.6 Å². The molecule has 1 atom stereocenters. The largest absolute Gasteiger partial charge is 0.341 e. The zero-order chi connectivity index (χ0) is 9.40. The second-order valence-corrected chi connectivity index (χ2v) is 3.12. The van der Waals surface area contributed by atoms with Gasteiger partial charge in [0, 0.05) is 13.1 Å². The van der Waals surface area contributed by atoms with Crippen LogP contribution in [0.3, 0.4) is 0 Å². The van der Waals surface area contributed by atoms with Gasteiger partial charge < -0.3 is 10.6 Å². The molecule has 72 valence electrons. The first-order valence-electron chi connectivity index (χ1n) is 4.69. The van der Waals surface area contributed by atoms with E-state index in [4.69, 9.17) is 0 Å². The molecule has 0 aliphatic heterocycles. The molecule has 0 bridgehead atoms. The van der Waals surface area contributed by atoms with Crippen molar-refractivity contribution in [3.8, 4) is 0 Å². The van der Waals surface area contributed by atoms with E-state index in [2.05, 4.69) is 17.6 Å². The van der Waals surface area contributed by atoms with E-state index in [1.165, 1.54) is 19.3 Å². The molecule has 0 radical (unpaired) electrons. The topological polar surface area (TPSA) is 41.1 Å². The summed E-state index contributed by atoms with van der Waals surface area (Å²) in [5, 5.41) is 5.37. The molecule has 0 aliphatic carbocycles.